The Hall–Kier alpha value is -1.64. The van der Waals surface area contributed by atoms with E-state index in [-0.39, 0.29) is 6.29 Å². The fraction of sp³-hybridized carbons (Fsp3) is 0.429. The molecule has 3 rings (SSSR count). The lowest BCUT2D eigenvalue weighted by atomic mass is 10.0. The summed E-state index contributed by atoms with van der Waals surface area (Å²) < 4.78 is 11.3. The predicted octanol–water partition coefficient (Wildman–Crippen LogP) is 5.52. The molecule has 1 heterocycles. The van der Waals surface area contributed by atoms with Crippen LogP contribution in [0.4, 0.5) is 0 Å². The number of hydrogen-bond donors (Lipinski definition) is 0. The highest BCUT2D eigenvalue weighted by Crippen LogP contribution is 2.26. The first-order valence-electron chi connectivity index (χ1n) is 8.79. The van der Waals surface area contributed by atoms with Gasteiger partial charge in [0.15, 0.2) is 6.29 Å². The smallest absolute Gasteiger partial charge is 0.183 e. The van der Waals surface area contributed by atoms with E-state index < -0.39 is 0 Å². The molecule has 0 unspecified atom stereocenters. The van der Waals surface area contributed by atoms with Gasteiger partial charge in [0.05, 0.1) is 13.2 Å². The minimum Gasteiger partial charge on any atom is -0.348 e. The maximum absolute atomic E-state index is 5.65. The van der Waals surface area contributed by atoms with Gasteiger partial charge >= 0.3 is 0 Å². The van der Waals surface area contributed by atoms with Gasteiger partial charge in [0, 0.05) is 5.56 Å². The molecule has 2 heteroatoms. The first-order chi connectivity index (χ1) is 11.4. The van der Waals surface area contributed by atoms with Crippen molar-refractivity contribution < 1.29 is 9.47 Å². The van der Waals surface area contributed by atoms with Crippen molar-refractivity contribution in [2.24, 2.45) is 0 Å². The van der Waals surface area contributed by atoms with E-state index in [2.05, 4.69) is 55.5 Å². The average Bonchev–Trinajstić information content (AvgIpc) is 2.63. The molecule has 1 aliphatic rings. The Labute approximate surface area is 139 Å². The molecule has 0 aliphatic carbocycles. The number of hydrogen-bond acceptors (Lipinski definition) is 2. The fourth-order valence-electron chi connectivity index (χ4n) is 2.96. The first-order valence-corrected chi connectivity index (χ1v) is 8.79. The van der Waals surface area contributed by atoms with Crippen LogP contribution in [0.3, 0.4) is 0 Å². The predicted molar refractivity (Wildman–Crippen MR) is 94.4 cm³/mol. The topological polar surface area (TPSA) is 18.5 Å². The zero-order chi connectivity index (χ0) is 15.9. The second-order valence-electron chi connectivity index (χ2n) is 6.20. The lowest BCUT2D eigenvalue weighted by Gasteiger charge is -2.23. The third-order valence-corrected chi connectivity index (χ3v) is 4.37. The molecule has 1 fully saturated rings. The Morgan fingerprint density at radius 1 is 0.826 bits per heavy atom. The Bertz CT molecular complexity index is 580. The molecule has 0 amide bonds. The third kappa shape index (κ3) is 4.43. The molecule has 2 aromatic carbocycles. The second kappa shape index (κ2) is 8.28. The molecule has 0 bridgehead atoms. The standard InChI is InChI=1S/C21H26O2/c1-2-3-4-6-17-7-9-18(10-8-17)19-11-13-20(14-12-19)21-22-15-5-16-23-21/h7-14,21H,2-6,15-16H2,1H3. The van der Waals surface area contributed by atoms with Crippen molar-refractivity contribution in [1.29, 1.82) is 0 Å². The van der Waals surface area contributed by atoms with Crippen LogP contribution in [-0.4, -0.2) is 13.2 Å². The fourth-order valence-corrected chi connectivity index (χ4v) is 2.96. The van der Waals surface area contributed by atoms with E-state index in [0.717, 1.165) is 25.2 Å². The second-order valence-corrected chi connectivity index (χ2v) is 6.20. The molecule has 23 heavy (non-hydrogen) atoms. The summed E-state index contributed by atoms with van der Waals surface area (Å²) >= 11 is 0. The van der Waals surface area contributed by atoms with Gasteiger partial charge in [-0.3, -0.25) is 0 Å². The monoisotopic (exact) mass is 310 g/mol. The van der Waals surface area contributed by atoms with Crippen LogP contribution in [0.25, 0.3) is 11.1 Å². The largest absolute Gasteiger partial charge is 0.348 e. The van der Waals surface area contributed by atoms with E-state index >= 15 is 0 Å². The van der Waals surface area contributed by atoms with Crippen LogP contribution in [0.2, 0.25) is 0 Å². The average molecular weight is 310 g/mol. The van der Waals surface area contributed by atoms with E-state index in [1.54, 1.807) is 0 Å². The minimum absolute atomic E-state index is 0.196. The zero-order valence-electron chi connectivity index (χ0n) is 14.0. The molecule has 2 nitrogen and oxygen atoms in total. The Balaban J connectivity index is 1.64. The van der Waals surface area contributed by atoms with Gasteiger partial charge < -0.3 is 9.47 Å². The van der Waals surface area contributed by atoms with Gasteiger partial charge in [0.1, 0.15) is 0 Å². The van der Waals surface area contributed by atoms with Crippen molar-refractivity contribution in [3.8, 4) is 11.1 Å². The SMILES string of the molecule is CCCCCc1ccc(-c2ccc(C3OCCCO3)cc2)cc1. The van der Waals surface area contributed by atoms with Gasteiger partial charge in [0.2, 0.25) is 0 Å². The molecule has 1 saturated heterocycles. The molecular formula is C21H26O2. The Morgan fingerprint density at radius 2 is 1.43 bits per heavy atom. The van der Waals surface area contributed by atoms with Crippen molar-refractivity contribution in [3.63, 3.8) is 0 Å². The number of rotatable bonds is 6. The summed E-state index contributed by atoms with van der Waals surface area (Å²) in [4.78, 5) is 0. The van der Waals surface area contributed by atoms with Crippen LogP contribution in [0.5, 0.6) is 0 Å². The van der Waals surface area contributed by atoms with Crippen molar-refractivity contribution in [3.05, 3.63) is 59.7 Å². The maximum atomic E-state index is 5.65. The van der Waals surface area contributed by atoms with Crippen LogP contribution in [0, 0.1) is 0 Å². The Morgan fingerprint density at radius 3 is 2.04 bits per heavy atom. The van der Waals surface area contributed by atoms with Crippen LogP contribution in [-0.2, 0) is 15.9 Å². The zero-order valence-corrected chi connectivity index (χ0v) is 14.0. The highest BCUT2D eigenvalue weighted by atomic mass is 16.7. The number of ether oxygens (including phenoxy) is 2. The summed E-state index contributed by atoms with van der Waals surface area (Å²) in [6.45, 7) is 3.81. The lowest BCUT2D eigenvalue weighted by molar-refractivity contribution is -0.183. The normalized spacial score (nSPS) is 15.7. The van der Waals surface area contributed by atoms with Gasteiger partial charge in [-0.25, -0.2) is 0 Å². The first kappa shape index (κ1) is 16.2. The molecule has 0 spiro atoms. The molecule has 122 valence electrons. The summed E-state index contributed by atoms with van der Waals surface area (Å²) in [5.74, 6) is 0. The van der Waals surface area contributed by atoms with Gasteiger partial charge in [0.25, 0.3) is 0 Å². The highest BCUT2D eigenvalue weighted by Gasteiger charge is 2.16. The third-order valence-electron chi connectivity index (χ3n) is 4.37. The minimum atomic E-state index is -0.196. The molecule has 2 aromatic rings. The van der Waals surface area contributed by atoms with E-state index in [0.29, 0.717) is 0 Å². The maximum Gasteiger partial charge on any atom is 0.183 e. The summed E-state index contributed by atoms with van der Waals surface area (Å²) in [6, 6.07) is 17.5. The van der Waals surface area contributed by atoms with Crippen LogP contribution in [0.15, 0.2) is 48.5 Å². The Kier molecular flexibility index (Phi) is 5.84. The van der Waals surface area contributed by atoms with Crippen LogP contribution < -0.4 is 0 Å². The molecule has 1 aliphatic heterocycles. The molecule has 0 N–H and O–H groups in total. The summed E-state index contributed by atoms with van der Waals surface area (Å²) in [7, 11) is 0. The summed E-state index contributed by atoms with van der Waals surface area (Å²) in [6.07, 6.45) is 5.85. The van der Waals surface area contributed by atoms with Crippen molar-refractivity contribution in [2.75, 3.05) is 13.2 Å². The number of unbranched alkanes of at least 4 members (excludes halogenated alkanes) is 2. The van der Waals surface area contributed by atoms with Crippen molar-refractivity contribution in [1.82, 2.24) is 0 Å². The van der Waals surface area contributed by atoms with Crippen LogP contribution >= 0.6 is 0 Å². The lowest BCUT2D eigenvalue weighted by Crippen LogP contribution is -2.17. The highest BCUT2D eigenvalue weighted by molar-refractivity contribution is 5.64. The number of aryl methyl sites for hydroxylation is 1. The van der Waals surface area contributed by atoms with E-state index in [9.17, 15) is 0 Å². The van der Waals surface area contributed by atoms with Crippen LogP contribution in [0.1, 0.15) is 50.0 Å². The van der Waals surface area contributed by atoms with E-state index in [1.165, 1.54) is 42.4 Å². The number of benzene rings is 2. The van der Waals surface area contributed by atoms with Gasteiger partial charge in [-0.2, -0.15) is 0 Å². The molecule has 0 aromatic heterocycles. The summed E-state index contributed by atoms with van der Waals surface area (Å²) in [5.41, 5.74) is 5.04. The molecule has 0 radical (unpaired) electrons. The van der Waals surface area contributed by atoms with E-state index in [4.69, 9.17) is 9.47 Å². The summed E-state index contributed by atoms with van der Waals surface area (Å²) in [5, 5.41) is 0. The van der Waals surface area contributed by atoms with E-state index in [1.807, 2.05) is 0 Å². The van der Waals surface area contributed by atoms with Crippen molar-refractivity contribution in [2.45, 2.75) is 45.3 Å². The molecular weight excluding hydrogens is 284 g/mol. The molecule has 0 atom stereocenters. The van der Waals surface area contributed by atoms with Crippen molar-refractivity contribution >= 4 is 0 Å². The van der Waals surface area contributed by atoms with Gasteiger partial charge in [-0.15, -0.1) is 0 Å². The van der Waals surface area contributed by atoms with Gasteiger partial charge in [-0.1, -0.05) is 68.3 Å². The van der Waals surface area contributed by atoms with Gasteiger partial charge in [-0.05, 0) is 36.0 Å². The molecule has 0 saturated carbocycles. The quantitative estimate of drug-likeness (QED) is 0.654.